The average molecular weight is 294 g/mol. The number of ether oxygens (including phenoxy) is 2. The van der Waals surface area contributed by atoms with Crippen molar-refractivity contribution in [1.82, 2.24) is 0 Å². The van der Waals surface area contributed by atoms with Crippen LogP contribution in [0.15, 0.2) is 6.07 Å². The van der Waals surface area contributed by atoms with Gasteiger partial charge < -0.3 is 15.2 Å². The summed E-state index contributed by atoms with van der Waals surface area (Å²) in [7, 11) is 0. The number of hydrogen-bond acceptors (Lipinski definition) is 5. The minimum Gasteiger partial charge on any atom is -0.462 e. The maximum Gasteiger partial charge on any atom is 0.411 e. The van der Waals surface area contributed by atoms with Gasteiger partial charge in [-0.15, -0.1) is 0 Å². The summed E-state index contributed by atoms with van der Waals surface area (Å²) in [5.41, 5.74) is 8.47. The lowest BCUT2D eigenvalue weighted by Gasteiger charge is -2.18. The van der Waals surface area contributed by atoms with Crippen LogP contribution in [0.2, 0.25) is 0 Å². The average Bonchev–Trinajstić information content (AvgIpc) is 2.43. The van der Waals surface area contributed by atoms with Crippen molar-refractivity contribution in [2.24, 2.45) is 0 Å². The van der Waals surface area contributed by atoms with E-state index in [1.807, 2.05) is 6.92 Å². The number of esters is 1. The van der Waals surface area contributed by atoms with Crippen LogP contribution in [0.4, 0.5) is 16.2 Å². The topological polar surface area (TPSA) is 90.6 Å². The van der Waals surface area contributed by atoms with E-state index in [1.54, 1.807) is 26.8 Å². The fraction of sp³-hybridized carbons (Fsp3) is 0.467. The van der Waals surface area contributed by atoms with E-state index in [1.165, 1.54) is 0 Å². The molecule has 0 fully saturated rings. The van der Waals surface area contributed by atoms with Crippen molar-refractivity contribution >= 4 is 23.4 Å². The zero-order chi connectivity index (χ0) is 16.0. The number of carbonyl (C=O) groups is 2. The molecule has 6 heteroatoms. The van der Waals surface area contributed by atoms with E-state index in [9.17, 15) is 9.59 Å². The highest BCUT2D eigenvalue weighted by molar-refractivity contribution is 6.03. The van der Waals surface area contributed by atoms with Crippen molar-refractivity contribution in [2.75, 3.05) is 24.3 Å². The van der Waals surface area contributed by atoms with Gasteiger partial charge in [-0.05, 0) is 44.4 Å². The Bertz CT molecular complexity index is 541. The third kappa shape index (κ3) is 3.87. The summed E-state index contributed by atoms with van der Waals surface area (Å²) in [5.74, 6) is -0.482. The molecule has 1 rings (SSSR count). The number of nitrogens with two attached hydrogens (primary N) is 1. The van der Waals surface area contributed by atoms with Gasteiger partial charge in [-0.3, -0.25) is 5.32 Å². The van der Waals surface area contributed by atoms with Crippen molar-refractivity contribution in [3.8, 4) is 0 Å². The quantitative estimate of drug-likeness (QED) is 0.643. The molecule has 0 saturated carbocycles. The van der Waals surface area contributed by atoms with Crippen LogP contribution in [0.1, 0.15) is 42.3 Å². The highest BCUT2D eigenvalue weighted by Gasteiger charge is 2.22. The summed E-state index contributed by atoms with van der Waals surface area (Å²) in [5, 5.41) is 2.59. The fourth-order valence-corrected chi connectivity index (χ4v) is 2.00. The lowest BCUT2D eigenvalue weighted by atomic mass is 9.97. The number of nitrogens with one attached hydrogen (secondary N) is 1. The Hall–Kier alpha value is -2.24. The Morgan fingerprint density at radius 1 is 1.19 bits per heavy atom. The first-order chi connectivity index (χ1) is 9.96. The molecule has 0 heterocycles. The van der Waals surface area contributed by atoms with Crippen LogP contribution < -0.4 is 11.1 Å². The van der Waals surface area contributed by atoms with E-state index < -0.39 is 12.1 Å². The second kappa shape index (κ2) is 7.52. The van der Waals surface area contributed by atoms with Gasteiger partial charge in [0.15, 0.2) is 0 Å². The molecule has 1 aromatic rings. The Balaban J connectivity index is 3.38. The number of anilines is 2. The Labute approximate surface area is 124 Å². The summed E-state index contributed by atoms with van der Waals surface area (Å²) in [6, 6.07) is 1.73. The molecule has 0 aliphatic heterocycles. The summed E-state index contributed by atoms with van der Waals surface area (Å²) < 4.78 is 9.94. The van der Waals surface area contributed by atoms with E-state index in [-0.39, 0.29) is 13.2 Å². The molecular weight excluding hydrogens is 272 g/mol. The summed E-state index contributed by atoms with van der Waals surface area (Å²) in [6.45, 7) is 7.56. The third-order valence-electron chi connectivity index (χ3n) is 3.07. The number of carbonyl (C=O) groups excluding carboxylic acids is 2. The molecule has 0 aromatic heterocycles. The first-order valence-corrected chi connectivity index (χ1v) is 6.98. The maximum atomic E-state index is 12.2. The fourth-order valence-electron chi connectivity index (χ4n) is 2.00. The molecule has 21 heavy (non-hydrogen) atoms. The SMILES string of the molecule is CCOC(=O)Nc1c(C)c(N)cc(CC)c1C(=O)OCC. The minimum atomic E-state index is -0.626. The van der Waals surface area contributed by atoms with Crippen LogP contribution in [0, 0.1) is 6.92 Å². The second-order valence-electron chi connectivity index (χ2n) is 4.42. The van der Waals surface area contributed by atoms with Crippen LogP contribution in [-0.2, 0) is 15.9 Å². The molecule has 0 aliphatic carbocycles. The maximum absolute atomic E-state index is 12.2. The number of nitrogen functional groups attached to an aromatic ring is 1. The number of amides is 1. The standard InChI is InChI=1S/C15H22N2O4/c1-5-10-8-11(16)9(4)13(17-15(19)21-7-3)12(10)14(18)20-6-2/h8H,5-7,16H2,1-4H3,(H,17,19). The largest absolute Gasteiger partial charge is 0.462 e. The molecule has 0 radical (unpaired) electrons. The summed E-state index contributed by atoms with van der Waals surface area (Å²) in [6.07, 6.45) is -0.0327. The van der Waals surface area contributed by atoms with Gasteiger partial charge in [0.05, 0.1) is 24.5 Å². The Kier molecular flexibility index (Phi) is 6.02. The molecule has 0 aliphatic rings. The predicted molar refractivity (Wildman–Crippen MR) is 81.6 cm³/mol. The van der Waals surface area contributed by atoms with Crippen LogP contribution in [0.5, 0.6) is 0 Å². The number of rotatable bonds is 5. The summed E-state index contributed by atoms with van der Waals surface area (Å²) >= 11 is 0. The first-order valence-electron chi connectivity index (χ1n) is 6.98. The van der Waals surface area contributed by atoms with Crippen LogP contribution in [-0.4, -0.2) is 25.3 Å². The normalized spacial score (nSPS) is 10.1. The molecule has 0 saturated heterocycles. The van der Waals surface area contributed by atoms with Gasteiger partial charge in [-0.25, -0.2) is 9.59 Å². The van der Waals surface area contributed by atoms with Crippen LogP contribution >= 0.6 is 0 Å². The first kappa shape index (κ1) is 16.8. The number of aryl methyl sites for hydroxylation is 1. The molecule has 0 spiro atoms. The zero-order valence-corrected chi connectivity index (χ0v) is 12.9. The van der Waals surface area contributed by atoms with Crippen molar-refractivity contribution in [3.05, 3.63) is 22.8 Å². The van der Waals surface area contributed by atoms with Gasteiger partial charge in [0.25, 0.3) is 0 Å². The molecule has 1 amide bonds. The molecule has 6 nitrogen and oxygen atoms in total. The van der Waals surface area contributed by atoms with E-state index in [2.05, 4.69) is 5.32 Å². The van der Waals surface area contributed by atoms with E-state index in [0.717, 1.165) is 5.56 Å². The smallest absolute Gasteiger partial charge is 0.411 e. The molecule has 0 atom stereocenters. The molecule has 1 aromatic carbocycles. The lowest BCUT2D eigenvalue weighted by molar-refractivity contribution is 0.0526. The predicted octanol–water partition coefficient (Wildman–Crippen LogP) is 2.88. The van der Waals surface area contributed by atoms with Crippen molar-refractivity contribution < 1.29 is 19.1 Å². The minimum absolute atomic E-state index is 0.239. The van der Waals surface area contributed by atoms with Gasteiger partial charge in [-0.2, -0.15) is 0 Å². The molecule has 116 valence electrons. The lowest BCUT2D eigenvalue weighted by Crippen LogP contribution is -2.20. The van der Waals surface area contributed by atoms with Crippen molar-refractivity contribution in [1.29, 1.82) is 0 Å². The highest BCUT2D eigenvalue weighted by atomic mass is 16.5. The van der Waals surface area contributed by atoms with E-state index in [0.29, 0.717) is 28.9 Å². The molecular formula is C15H22N2O4. The monoisotopic (exact) mass is 294 g/mol. The number of hydrogen-bond donors (Lipinski definition) is 2. The van der Waals surface area contributed by atoms with E-state index in [4.69, 9.17) is 15.2 Å². The van der Waals surface area contributed by atoms with Gasteiger partial charge in [0.1, 0.15) is 0 Å². The number of benzene rings is 1. The van der Waals surface area contributed by atoms with Gasteiger partial charge in [-0.1, -0.05) is 6.92 Å². The van der Waals surface area contributed by atoms with Crippen molar-refractivity contribution in [3.63, 3.8) is 0 Å². The Morgan fingerprint density at radius 2 is 1.81 bits per heavy atom. The Morgan fingerprint density at radius 3 is 2.33 bits per heavy atom. The van der Waals surface area contributed by atoms with Gasteiger partial charge in [0, 0.05) is 5.69 Å². The van der Waals surface area contributed by atoms with Gasteiger partial charge in [0.2, 0.25) is 0 Å². The second-order valence-corrected chi connectivity index (χ2v) is 4.42. The molecule has 3 N–H and O–H groups in total. The molecule has 0 unspecified atom stereocenters. The third-order valence-corrected chi connectivity index (χ3v) is 3.07. The highest BCUT2D eigenvalue weighted by Crippen LogP contribution is 2.31. The van der Waals surface area contributed by atoms with Crippen LogP contribution in [0.3, 0.4) is 0 Å². The van der Waals surface area contributed by atoms with Crippen LogP contribution in [0.25, 0.3) is 0 Å². The van der Waals surface area contributed by atoms with Gasteiger partial charge >= 0.3 is 12.1 Å². The van der Waals surface area contributed by atoms with E-state index >= 15 is 0 Å². The summed E-state index contributed by atoms with van der Waals surface area (Å²) in [4.78, 5) is 23.9. The zero-order valence-electron chi connectivity index (χ0n) is 12.9. The molecule has 0 bridgehead atoms. The van der Waals surface area contributed by atoms with Crippen molar-refractivity contribution in [2.45, 2.75) is 34.1 Å².